The van der Waals surface area contributed by atoms with Gasteiger partial charge in [0.15, 0.2) is 0 Å². The van der Waals surface area contributed by atoms with Gasteiger partial charge in [-0.1, -0.05) is 22.0 Å². The Kier molecular flexibility index (Phi) is 3.62. The molecule has 18 heavy (non-hydrogen) atoms. The van der Waals surface area contributed by atoms with E-state index in [4.69, 9.17) is 5.73 Å². The Hall–Kier alpha value is -1.48. The number of rotatable bonds is 2. The quantitative estimate of drug-likeness (QED) is 0.789. The highest BCUT2D eigenvalue weighted by Gasteiger charge is 2.06. The molecule has 0 aromatic heterocycles. The van der Waals surface area contributed by atoms with E-state index in [-0.39, 0.29) is 0 Å². The molecular formula is C15H17BrN2. The van der Waals surface area contributed by atoms with Crippen molar-refractivity contribution in [1.82, 2.24) is 0 Å². The monoisotopic (exact) mass is 304 g/mol. The highest BCUT2D eigenvalue weighted by Crippen LogP contribution is 2.30. The first-order valence-corrected chi connectivity index (χ1v) is 6.66. The van der Waals surface area contributed by atoms with E-state index in [0.717, 1.165) is 21.5 Å². The second-order valence-corrected chi connectivity index (χ2v) is 5.53. The highest BCUT2D eigenvalue weighted by molar-refractivity contribution is 9.10. The topological polar surface area (TPSA) is 38.0 Å². The fourth-order valence-corrected chi connectivity index (χ4v) is 2.70. The number of anilines is 3. The Morgan fingerprint density at radius 1 is 0.944 bits per heavy atom. The molecule has 0 unspecified atom stereocenters. The first-order valence-electron chi connectivity index (χ1n) is 5.87. The molecule has 0 atom stereocenters. The van der Waals surface area contributed by atoms with E-state index in [0.29, 0.717) is 0 Å². The second-order valence-electron chi connectivity index (χ2n) is 4.61. The average molecular weight is 305 g/mol. The van der Waals surface area contributed by atoms with Crippen LogP contribution in [0.4, 0.5) is 17.1 Å². The molecule has 0 saturated heterocycles. The molecule has 0 aliphatic rings. The van der Waals surface area contributed by atoms with E-state index in [2.05, 4.69) is 54.2 Å². The van der Waals surface area contributed by atoms with Crippen molar-refractivity contribution in [3.63, 3.8) is 0 Å². The normalized spacial score (nSPS) is 10.4. The number of hydrogen-bond donors (Lipinski definition) is 2. The van der Waals surface area contributed by atoms with E-state index < -0.39 is 0 Å². The van der Waals surface area contributed by atoms with E-state index in [1.54, 1.807) is 0 Å². The zero-order valence-electron chi connectivity index (χ0n) is 10.8. The van der Waals surface area contributed by atoms with Gasteiger partial charge in [-0.05, 0) is 61.7 Å². The van der Waals surface area contributed by atoms with Gasteiger partial charge in [0, 0.05) is 21.5 Å². The van der Waals surface area contributed by atoms with Crippen molar-refractivity contribution >= 4 is 33.0 Å². The highest BCUT2D eigenvalue weighted by atomic mass is 79.9. The van der Waals surface area contributed by atoms with Crippen LogP contribution < -0.4 is 11.1 Å². The third-order valence-electron chi connectivity index (χ3n) is 3.02. The number of benzene rings is 2. The minimum Gasteiger partial charge on any atom is -0.399 e. The summed E-state index contributed by atoms with van der Waals surface area (Å²) in [5.41, 5.74) is 12.4. The fourth-order valence-electron chi connectivity index (χ4n) is 2.02. The van der Waals surface area contributed by atoms with Gasteiger partial charge in [-0.2, -0.15) is 0 Å². The lowest BCUT2D eigenvalue weighted by molar-refractivity contribution is 1.33. The van der Waals surface area contributed by atoms with Crippen LogP contribution in [0.15, 0.2) is 34.8 Å². The number of nitrogens with one attached hydrogen (secondary N) is 1. The number of aryl methyl sites for hydroxylation is 3. The molecule has 3 N–H and O–H groups in total. The summed E-state index contributed by atoms with van der Waals surface area (Å²) in [6.07, 6.45) is 0. The molecule has 0 aliphatic carbocycles. The standard InChI is InChI=1S/C15H17BrN2/c1-9-4-5-13(17)8-14(9)18-15-10(2)6-12(16)7-11(15)3/h4-8,18H,17H2,1-3H3. The largest absolute Gasteiger partial charge is 0.399 e. The maximum atomic E-state index is 5.83. The van der Waals surface area contributed by atoms with Gasteiger partial charge < -0.3 is 11.1 Å². The van der Waals surface area contributed by atoms with E-state index in [1.807, 2.05) is 18.2 Å². The molecule has 0 spiro atoms. The Morgan fingerprint density at radius 2 is 1.56 bits per heavy atom. The third kappa shape index (κ3) is 2.67. The number of hydrogen-bond acceptors (Lipinski definition) is 2. The maximum absolute atomic E-state index is 5.83. The Balaban J connectivity index is 2.43. The molecule has 0 amide bonds. The number of halogens is 1. The minimum absolute atomic E-state index is 0.774. The predicted molar refractivity (Wildman–Crippen MR) is 82.5 cm³/mol. The lowest BCUT2D eigenvalue weighted by Gasteiger charge is -2.15. The summed E-state index contributed by atoms with van der Waals surface area (Å²) in [7, 11) is 0. The molecule has 2 nitrogen and oxygen atoms in total. The molecule has 0 aliphatic heterocycles. The van der Waals surface area contributed by atoms with Crippen molar-refractivity contribution < 1.29 is 0 Å². The Labute approximate surface area is 116 Å². The van der Waals surface area contributed by atoms with E-state index in [9.17, 15) is 0 Å². The van der Waals surface area contributed by atoms with Crippen LogP contribution in [0.3, 0.4) is 0 Å². The molecule has 0 bridgehead atoms. The van der Waals surface area contributed by atoms with Crippen molar-refractivity contribution in [2.24, 2.45) is 0 Å². The first-order chi connectivity index (χ1) is 8.47. The van der Waals surface area contributed by atoms with Gasteiger partial charge in [0.1, 0.15) is 0 Å². The smallest absolute Gasteiger partial charge is 0.0444 e. The summed E-state index contributed by atoms with van der Waals surface area (Å²) in [6, 6.07) is 10.1. The zero-order valence-corrected chi connectivity index (χ0v) is 12.4. The summed E-state index contributed by atoms with van der Waals surface area (Å²) in [6.45, 7) is 6.27. The van der Waals surface area contributed by atoms with Gasteiger partial charge in [0.05, 0.1) is 0 Å². The lowest BCUT2D eigenvalue weighted by atomic mass is 10.1. The SMILES string of the molecule is Cc1ccc(N)cc1Nc1c(C)cc(Br)cc1C. The van der Waals surface area contributed by atoms with Gasteiger partial charge in [-0.25, -0.2) is 0 Å². The summed E-state index contributed by atoms with van der Waals surface area (Å²) in [5, 5.41) is 3.48. The molecule has 2 rings (SSSR count). The van der Waals surface area contributed by atoms with Crippen LogP contribution in [-0.2, 0) is 0 Å². The first kappa shape index (κ1) is 13.0. The van der Waals surface area contributed by atoms with Gasteiger partial charge in [-0.3, -0.25) is 0 Å². The molecule has 0 radical (unpaired) electrons. The average Bonchev–Trinajstić information content (AvgIpc) is 2.28. The number of nitrogens with two attached hydrogens (primary N) is 1. The van der Waals surface area contributed by atoms with Crippen LogP contribution in [0.5, 0.6) is 0 Å². The molecule has 94 valence electrons. The molecule has 0 heterocycles. The summed E-state index contributed by atoms with van der Waals surface area (Å²) >= 11 is 3.51. The third-order valence-corrected chi connectivity index (χ3v) is 3.48. The van der Waals surface area contributed by atoms with Crippen LogP contribution in [0.2, 0.25) is 0 Å². The molecule has 0 fully saturated rings. The van der Waals surface area contributed by atoms with Crippen molar-refractivity contribution in [3.05, 3.63) is 51.5 Å². The van der Waals surface area contributed by atoms with Crippen LogP contribution in [-0.4, -0.2) is 0 Å². The lowest BCUT2D eigenvalue weighted by Crippen LogP contribution is -1.99. The predicted octanol–water partition coefficient (Wildman–Crippen LogP) is 4.70. The summed E-state index contributed by atoms with van der Waals surface area (Å²) < 4.78 is 1.10. The van der Waals surface area contributed by atoms with Crippen molar-refractivity contribution in [2.75, 3.05) is 11.1 Å². The number of nitrogen functional groups attached to an aromatic ring is 1. The van der Waals surface area contributed by atoms with Crippen LogP contribution in [0.1, 0.15) is 16.7 Å². The second kappa shape index (κ2) is 5.02. The van der Waals surface area contributed by atoms with Crippen molar-refractivity contribution in [2.45, 2.75) is 20.8 Å². The van der Waals surface area contributed by atoms with Crippen LogP contribution in [0.25, 0.3) is 0 Å². The Morgan fingerprint density at radius 3 is 2.17 bits per heavy atom. The van der Waals surface area contributed by atoms with Crippen LogP contribution in [0, 0.1) is 20.8 Å². The minimum atomic E-state index is 0.774. The molecular weight excluding hydrogens is 288 g/mol. The summed E-state index contributed by atoms with van der Waals surface area (Å²) in [4.78, 5) is 0. The van der Waals surface area contributed by atoms with Gasteiger partial charge >= 0.3 is 0 Å². The van der Waals surface area contributed by atoms with E-state index >= 15 is 0 Å². The van der Waals surface area contributed by atoms with E-state index in [1.165, 1.54) is 16.7 Å². The molecule has 0 saturated carbocycles. The Bertz CT molecular complexity index is 568. The van der Waals surface area contributed by atoms with Crippen molar-refractivity contribution in [3.8, 4) is 0 Å². The van der Waals surface area contributed by atoms with Crippen molar-refractivity contribution in [1.29, 1.82) is 0 Å². The van der Waals surface area contributed by atoms with Gasteiger partial charge in [-0.15, -0.1) is 0 Å². The molecule has 3 heteroatoms. The summed E-state index contributed by atoms with van der Waals surface area (Å²) in [5.74, 6) is 0. The molecule has 2 aromatic rings. The van der Waals surface area contributed by atoms with Crippen LogP contribution >= 0.6 is 15.9 Å². The van der Waals surface area contributed by atoms with Gasteiger partial charge in [0.25, 0.3) is 0 Å². The van der Waals surface area contributed by atoms with Gasteiger partial charge in [0.2, 0.25) is 0 Å². The molecule has 2 aromatic carbocycles. The fraction of sp³-hybridized carbons (Fsp3) is 0.200. The maximum Gasteiger partial charge on any atom is 0.0444 e. The zero-order chi connectivity index (χ0) is 13.3.